The first-order chi connectivity index (χ1) is 21.4. The molecule has 2 fully saturated rings. The van der Waals surface area contributed by atoms with Gasteiger partial charge in [-0.3, -0.25) is 9.69 Å². The van der Waals surface area contributed by atoms with E-state index in [1.165, 1.54) is 52.0 Å². The van der Waals surface area contributed by atoms with Gasteiger partial charge < -0.3 is 10.3 Å². The minimum atomic E-state index is -0.359. The van der Waals surface area contributed by atoms with Crippen molar-refractivity contribution in [3.05, 3.63) is 135 Å². The van der Waals surface area contributed by atoms with E-state index in [0.717, 1.165) is 48.6 Å². The molecule has 0 radical (unpaired) electrons. The molecule has 1 aromatic heterocycles. The summed E-state index contributed by atoms with van der Waals surface area (Å²) < 4.78 is 2.60. The van der Waals surface area contributed by atoms with Gasteiger partial charge in [-0.15, -0.1) is 0 Å². The number of aromatic nitrogens is 2. The van der Waals surface area contributed by atoms with E-state index >= 15 is 0 Å². The summed E-state index contributed by atoms with van der Waals surface area (Å²) in [5.41, 5.74) is 15.8. The second-order valence-corrected chi connectivity index (χ2v) is 13.2. The van der Waals surface area contributed by atoms with Crippen LogP contribution in [-0.4, -0.2) is 33.4 Å². The van der Waals surface area contributed by atoms with Gasteiger partial charge in [0.1, 0.15) is 5.82 Å². The van der Waals surface area contributed by atoms with E-state index in [4.69, 9.17) is 22.3 Å². The SMILES string of the molecule is Cc1ccc(C(c2ccc(Cl)cc2)c2ccc3nc(C4CC4)n(C4CCN(Cc5cccc(C(N)=O)c5C)CC4)c3c2)cc1. The first-order valence-electron chi connectivity index (χ1n) is 15.8. The summed E-state index contributed by atoms with van der Waals surface area (Å²) in [5.74, 6) is 1.57. The number of nitrogens with two attached hydrogens (primary N) is 1. The quantitative estimate of drug-likeness (QED) is 0.182. The maximum atomic E-state index is 11.9. The lowest BCUT2D eigenvalue weighted by molar-refractivity contribution is 0.0999. The number of imidazole rings is 1. The number of likely N-dealkylation sites (tertiary alicyclic amines) is 1. The van der Waals surface area contributed by atoms with Crippen molar-refractivity contribution in [1.29, 1.82) is 0 Å². The first-order valence-corrected chi connectivity index (χ1v) is 16.2. The van der Waals surface area contributed by atoms with Gasteiger partial charge in [0.05, 0.1) is 11.0 Å². The average molecular weight is 603 g/mol. The second-order valence-electron chi connectivity index (χ2n) is 12.7. The molecule has 1 saturated heterocycles. The number of primary amides is 1. The highest BCUT2D eigenvalue weighted by atomic mass is 35.5. The van der Waals surface area contributed by atoms with E-state index in [9.17, 15) is 4.79 Å². The van der Waals surface area contributed by atoms with Gasteiger partial charge in [0, 0.05) is 48.1 Å². The van der Waals surface area contributed by atoms with Crippen LogP contribution in [0.2, 0.25) is 5.02 Å². The Bertz CT molecular complexity index is 1770. The molecule has 44 heavy (non-hydrogen) atoms. The van der Waals surface area contributed by atoms with Crippen LogP contribution in [0, 0.1) is 13.8 Å². The predicted octanol–water partition coefficient (Wildman–Crippen LogP) is 8.30. The number of carbonyl (C=O) groups is 1. The average Bonchev–Trinajstić information content (AvgIpc) is 3.81. The number of amides is 1. The van der Waals surface area contributed by atoms with Gasteiger partial charge >= 0.3 is 0 Å². The Balaban J connectivity index is 1.21. The number of halogens is 1. The van der Waals surface area contributed by atoms with Crippen molar-refractivity contribution >= 4 is 28.5 Å². The normalized spacial score (nSPS) is 16.8. The molecule has 224 valence electrons. The fourth-order valence-electron chi connectivity index (χ4n) is 7.01. The molecule has 4 aromatic carbocycles. The van der Waals surface area contributed by atoms with Crippen LogP contribution in [0.15, 0.2) is 84.9 Å². The molecule has 1 aliphatic heterocycles. The number of aryl methyl sites for hydroxylation is 1. The zero-order valence-electron chi connectivity index (χ0n) is 25.5. The van der Waals surface area contributed by atoms with Crippen molar-refractivity contribution in [2.24, 2.45) is 5.73 Å². The van der Waals surface area contributed by atoms with Gasteiger partial charge in [-0.2, -0.15) is 0 Å². The van der Waals surface area contributed by atoms with Crippen molar-refractivity contribution in [3.63, 3.8) is 0 Å². The summed E-state index contributed by atoms with van der Waals surface area (Å²) >= 11 is 6.30. The molecular weight excluding hydrogens is 564 g/mol. The summed E-state index contributed by atoms with van der Waals surface area (Å²) in [6.45, 7) is 6.99. The van der Waals surface area contributed by atoms with Gasteiger partial charge in [0.15, 0.2) is 0 Å². The number of hydrogen-bond acceptors (Lipinski definition) is 3. The third kappa shape index (κ3) is 5.67. The fraction of sp³-hybridized carbons (Fsp3) is 0.316. The van der Waals surface area contributed by atoms with E-state index in [1.807, 2.05) is 31.2 Å². The monoisotopic (exact) mass is 602 g/mol. The molecule has 1 aliphatic carbocycles. The van der Waals surface area contributed by atoms with Crippen molar-refractivity contribution in [2.45, 2.75) is 64.0 Å². The number of piperidine rings is 1. The van der Waals surface area contributed by atoms with Crippen LogP contribution in [0.5, 0.6) is 0 Å². The molecule has 5 aromatic rings. The minimum absolute atomic E-state index is 0.103. The molecule has 2 heterocycles. The van der Waals surface area contributed by atoms with Crippen molar-refractivity contribution in [2.75, 3.05) is 13.1 Å². The predicted molar refractivity (Wildman–Crippen MR) is 179 cm³/mol. The van der Waals surface area contributed by atoms with Crippen molar-refractivity contribution in [1.82, 2.24) is 14.5 Å². The van der Waals surface area contributed by atoms with E-state index in [0.29, 0.717) is 17.5 Å². The number of nitrogens with zero attached hydrogens (tertiary/aromatic N) is 3. The lowest BCUT2D eigenvalue weighted by Gasteiger charge is -2.34. The molecule has 7 rings (SSSR count). The molecule has 1 atom stereocenters. The molecule has 2 aliphatic rings. The van der Waals surface area contributed by atoms with Crippen LogP contribution in [0.1, 0.15) is 93.1 Å². The van der Waals surface area contributed by atoms with Gasteiger partial charge in [0.2, 0.25) is 5.91 Å². The van der Waals surface area contributed by atoms with E-state index < -0.39 is 0 Å². The molecule has 5 nitrogen and oxygen atoms in total. The Morgan fingerprint density at radius 1 is 0.886 bits per heavy atom. The molecule has 6 heteroatoms. The van der Waals surface area contributed by atoms with Gasteiger partial charge in [-0.05, 0) is 97.7 Å². The summed E-state index contributed by atoms with van der Waals surface area (Å²) in [6, 6.07) is 30.4. The Morgan fingerprint density at radius 2 is 1.55 bits per heavy atom. The molecule has 2 N–H and O–H groups in total. The smallest absolute Gasteiger partial charge is 0.248 e. The highest BCUT2D eigenvalue weighted by molar-refractivity contribution is 6.30. The molecule has 1 amide bonds. The van der Waals surface area contributed by atoms with Crippen LogP contribution in [0.4, 0.5) is 0 Å². The van der Waals surface area contributed by atoms with E-state index in [2.05, 4.69) is 77.1 Å². The van der Waals surface area contributed by atoms with Crippen LogP contribution in [0.3, 0.4) is 0 Å². The number of fused-ring (bicyclic) bond motifs is 1. The Labute approximate surface area is 264 Å². The zero-order chi connectivity index (χ0) is 30.4. The summed E-state index contributed by atoms with van der Waals surface area (Å²) in [7, 11) is 0. The highest BCUT2D eigenvalue weighted by Gasteiger charge is 2.33. The number of hydrogen-bond donors (Lipinski definition) is 1. The number of rotatable bonds is 8. The van der Waals surface area contributed by atoms with Crippen LogP contribution in [-0.2, 0) is 6.54 Å². The maximum absolute atomic E-state index is 11.9. The largest absolute Gasteiger partial charge is 0.366 e. The third-order valence-electron chi connectivity index (χ3n) is 9.66. The first kappa shape index (κ1) is 28.8. The lowest BCUT2D eigenvalue weighted by atomic mass is 9.84. The van der Waals surface area contributed by atoms with Crippen LogP contribution in [0.25, 0.3) is 11.0 Å². The Hall–Kier alpha value is -3.93. The van der Waals surface area contributed by atoms with E-state index in [1.54, 1.807) is 0 Å². The van der Waals surface area contributed by atoms with Gasteiger partial charge in [0.25, 0.3) is 0 Å². The summed E-state index contributed by atoms with van der Waals surface area (Å²) in [5, 5.41) is 0.751. The molecule has 1 unspecified atom stereocenters. The number of benzene rings is 4. The van der Waals surface area contributed by atoms with Gasteiger partial charge in [-0.25, -0.2) is 4.98 Å². The van der Waals surface area contributed by atoms with Crippen LogP contribution < -0.4 is 5.73 Å². The van der Waals surface area contributed by atoms with Gasteiger partial charge in [-0.1, -0.05) is 71.8 Å². The topological polar surface area (TPSA) is 64.2 Å². The Morgan fingerprint density at radius 3 is 2.20 bits per heavy atom. The third-order valence-corrected chi connectivity index (χ3v) is 9.91. The van der Waals surface area contributed by atoms with Crippen molar-refractivity contribution < 1.29 is 4.79 Å². The highest BCUT2D eigenvalue weighted by Crippen LogP contribution is 2.44. The fourth-order valence-corrected chi connectivity index (χ4v) is 7.14. The zero-order valence-corrected chi connectivity index (χ0v) is 26.2. The molecule has 1 saturated carbocycles. The lowest BCUT2D eigenvalue weighted by Crippen LogP contribution is -2.35. The summed E-state index contributed by atoms with van der Waals surface area (Å²) in [4.78, 5) is 19.6. The van der Waals surface area contributed by atoms with Crippen LogP contribution >= 0.6 is 11.6 Å². The van der Waals surface area contributed by atoms with E-state index in [-0.39, 0.29) is 11.8 Å². The molecule has 0 spiro atoms. The maximum Gasteiger partial charge on any atom is 0.248 e. The standard InChI is InChI=1S/C38H39ClN4O/c1-24-6-8-26(9-7-24)36(27-12-15-31(39)16-13-27)29-14-17-34-35(22-29)43(38(41-34)28-10-11-28)32-18-20-42(21-19-32)23-30-4-3-5-33(25(30)2)37(40)44/h3-9,12-17,22,28,32,36H,10-11,18-21,23H2,1-2H3,(H2,40,44). The molecular formula is C38H39ClN4O. The number of carbonyl (C=O) groups excluding carboxylic acids is 1. The Kier molecular flexibility index (Phi) is 7.77. The second kappa shape index (κ2) is 11.9. The molecule has 0 bridgehead atoms. The minimum Gasteiger partial charge on any atom is -0.366 e. The summed E-state index contributed by atoms with van der Waals surface area (Å²) in [6.07, 6.45) is 4.59. The van der Waals surface area contributed by atoms with Crippen molar-refractivity contribution in [3.8, 4) is 0 Å².